The molecule has 72 valence electrons. The minimum Gasteiger partial charge on any atom is -0.325 e. The van der Waals surface area contributed by atoms with Gasteiger partial charge in [0.15, 0.2) is 4.34 Å². The van der Waals surface area contributed by atoms with E-state index in [1.165, 1.54) is 11.5 Å². The van der Waals surface area contributed by atoms with Gasteiger partial charge in [0.05, 0.1) is 5.69 Å². The monoisotopic (exact) mass is 224 g/mol. The standard InChI is InChI=1S/C8H8N4S2/c9-3-6-1-2-7(4-10-6)13-8-11-5-12-14-8/h1-2,4-5H,3,9H2. The van der Waals surface area contributed by atoms with Crippen LogP contribution in [0.3, 0.4) is 0 Å². The van der Waals surface area contributed by atoms with E-state index in [4.69, 9.17) is 5.73 Å². The fourth-order valence-corrected chi connectivity index (χ4v) is 2.29. The molecule has 0 atom stereocenters. The number of nitrogens with zero attached hydrogens (tertiary/aromatic N) is 3. The van der Waals surface area contributed by atoms with E-state index in [2.05, 4.69) is 14.3 Å². The number of nitrogens with two attached hydrogens (primary N) is 1. The van der Waals surface area contributed by atoms with Gasteiger partial charge in [-0.15, -0.1) is 0 Å². The Morgan fingerprint density at radius 1 is 1.36 bits per heavy atom. The van der Waals surface area contributed by atoms with Crippen molar-refractivity contribution >= 4 is 23.3 Å². The Kier molecular flexibility index (Phi) is 3.07. The molecule has 2 N–H and O–H groups in total. The molecule has 4 nitrogen and oxygen atoms in total. The third kappa shape index (κ3) is 2.28. The van der Waals surface area contributed by atoms with Crippen molar-refractivity contribution in [2.24, 2.45) is 5.73 Å². The second kappa shape index (κ2) is 4.50. The lowest BCUT2D eigenvalue weighted by Gasteiger charge is -1.98. The summed E-state index contributed by atoms with van der Waals surface area (Å²) in [6.07, 6.45) is 3.35. The van der Waals surface area contributed by atoms with Crippen LogP contribution < -0.4 is 5.73 Å². The van der Waals surface area contributed by atoms with E-state index in [-0.39, 0.29) is 0 Å². The second-order valence-corrected chi connectivity index (χ2v) is 4.60. The van der Waals surface area contributed by atoms with Crippen LogP contribution in [0.5, 0.6) is 0 Å². The van der Waals surface area contributed by atoms with Gasteiger partial charge in [0.2, 0.25) is 0 Å². The lowest BCUT2D eigenvalue weighted by Crippen LogP contribution is -1.98. The minimum atomic E-state index is 0.476. The zero-order valence-electron chi connectivity index (χ0n) is 7.25. The zero-order chi connectivity index (χ0) is 9.80. The first-order valence-corrected chi connectivity index (χ1v) is 5.57. The molecule has 6 heteroatoms. The van der Waals surface area contributed by atoms with Gasteiger partial charge in [0.25, 0.3) is 0 Å². The highest BCUT2D eigenvalue weighted by Crippen LogP contribution is 2.27. The van der Waals surface area contributed by atoms with E-state index in [0.717, 1.165) is 14.9 Å². The lowest BCUT2D eigenvalue weighted by atomic mass is 10.4. The molecule has 0 aliphatic carbocycles. The molecule has 0 spiro atoms. The van der Waals surface area contributed by atoms with Gasteiger partial charge in [0.1, 0.15) is 6.33 Å². The summed E-state index contributed by atoms with van der Waals surface area (Å²) in [6, 6.07) is 3.91. The predicted molar refractivity (Wildman–Crippen MR) is 56.2 cm³/mol. The van der Waals surface area contributed by atoms with Crippen LogP contribution in [0.1, 0.15) is 5.69 Å². The van der Waals surface area contributed by atoms with Crippen LogP contribution in [0.25, 0.3) is 0 Å². The van der Waals surface area contributed by atoms with Crippen molar-refractivity contribution in [3.8, 4) is 0 Å². The maximum atomic E-state index is 5.45. The van der Waals surface area contributed by atoms with Crippen molar-refractivity contribution < 1.29 is 0 Å². The van der Waals surface area contributed by atoms with Crippen molar-refractivity contribution in [1.29, 1.82) is 0 Å². The Morgan fingerprint density at radius 3 is 2.86 bits per heavy atom. The lowest BCUT2D eigenvalue weighted by molar-refractivity contribution is 0.977. The van der Waals surface area contributed by atoms with Crippen LogP contribution in [-0.4, -0.2) is 14.3 Å². The molecule has 0 fully saturated rings. The van der Waals surface area contributed by atoms with Crippen LogP contribution in [0, 0.1) is 0 Å². The third-order valence-electron chi connectivity index (χ3n) is 1.55. The maximum absolute atomic E-state index is 5.45. The number of hydrogen-bond donors (Lipinski definition) is 1. The quantitative estimate of drug-likeness (QED) is 0.856. The molecular weight excluding hydrogens is 216 g/mol. The molecule has 0 saturated carbocycles. The first kappa shape index (κ1) is 9.57. The average molecular weight is 224 g/mol. The van der Waals surface area contributed by atoms with Crippen molar-refractivity contribution in [1.82, 2.24) is 14.3 Å². The van der Waals surface area contributed by atoms with E-state index in [9.17, 15) is 0 Å². The molecule has 0 saturated heterocycles. The zero-order valence-corrected chi connectivity index (χ0v) is 8.88. The third-order valence-corrected chi connectivity index (χ3v) is 3.25. The molecule has 0 bridgehead atoms. The summed E-state index contributed by atoms with van der Waals surface area (Å²) in [4.78, 5) is 9.31. The van der Waals surface area contributed by atoms with Gasteiger partial charge in [-0.05, 0) is 23.7 Å². The molecule has 0 unspecified atom stereocenters. The fourth-order valence-electron chi connectivity index (χ4n) is 0.901. The molecule has 14 heavy (non-hydrogen) atoms. The summed E-state index contributed by atoms with van der Waals surface area (Å²) in [5.41, 5.74) is 6.34. The smallest absolute Gasteiger partial charge is 0.174 e. The molecular formula is C8H8N4S2. The van der Waals surface area contributed by atoms with Crippen molar-refractivity contribution in [3.05, 3.63) is 30.4 Å². The van der Waals surface area contributed by atoms with Crippen molar-refractivity contribution in [3.63, 3.8) is 0 Å². The van der Waals surface area contributed by atoms with Crippen LogP contribution in [0.2, 0.25) is 0 Å². The van der Waals surface area contributed by atoms with Gasteiger partial charge in [-0.2, -0.15) is 4.37 Å². The van der Waals surface area contributed by atoms with E-state index >= 15 is 0 Å². The maximum Gasteiger partial charge on any atom is 0.174 e. The van der Waals surface area contributed by atoms with Gasteiger partial charge in [-0.25, -0.2) is 4.98 Å². The first-order chi connectivity index (χ1) is 6.88. The SMILES string of the molecule is NCc1ccc(Sc2ncns2)cn1. The molecule has 2 aromatic heterocycles. The molecule has 0 radical (unpaired) electrons. The largest absolute Gasteiger partial charge is 0.325 e. The van der Waals surface area contributed by atoms with Gasteiger partial charge < -0.3 is 5.73 Å². The summed E-state index contributed by atoms with van der Waals surface area (Å²) in [6.45, 7) is 0.476. The molecule has 2 rings (SSSR count). The molecule has 0 amide bonds. The summed E-state index contributed by atoms with van der Waals surface area (Å²) in [5, 5.41) is 0. The van der Waals surface area contributed by atoms with E-state index < -0.39 is 0 Å². The van der Waals surface area contributed by atoms with Crippen LogP contribution in [0.4, 0.5) is 0 Å². The van der Waals surface area contributed by atoms with Gasteiger partial charge >= 0.3 is 0 Å². The van der Waals surface area contributed by atoms with Crippen molar-refractivity contribution in [2.45, 2.75) is 15.8 Å². The molecule has 0 aliphatic rings. The summed E-state index contributed by atoms with van der Waals surface area (Å²) < 4.78 is 4.84. The molecule has 2 heterocycles. The molecule has 0 aliphatic heterocycles. The highest BCUT2D eigenvalue weighted by atomic mass is 32.2. The van der Waals surface area contributed by atoms with Gasteiger partial charge in [-0.3, -0.25) is 4.98 Å². The Labute approximate surface area is 89.8 Å². The molecule has 2 aromatic rings. The Hall–Kier alpha value is -0.980. The number of hydrogen-bond acceptors (Lipinski definition) is 6. The van der Waals surface area contributed by atoms with Crippen LogP contribution in [0.15, 0.2) is 33.9 Å². The number of aromatic nitrogens is 3. The van der Waals surface area contributed by atoms with E-state index in [1.807, 2.05) is 12.1 Å². The highest BCUT2D eigenvalue weighted by Gasteiger charge is 2.00. The van der Waals surface area contributed by atoms with Crippen LogP contribution >= 0.6 is 23.3 Å². The Morgan fingerprint density at radius 2 is 2.29 bits per heavy atom. The van der Waals surface area contributed by atoms with E-state index in [0.29, 0.717) is 6.54 Å². The predicted octanol–water partition coefficient (Wildman–Crippen LogP) is 1.54. The topological polar surface area (TPSA) is 64.7 Å². The Balaban J connectivity index is 2.10. The van der Waals surface area contributed by atoms with Crippen LogP contribution in [-0.2, 0) is 6.54 Å². The van der Waals surface area contributed by atoms with Gasteiger partial charge in [-0.1, -0.05) is 11.8 Å². The van der Waals surface area contributed by atoms with Gasteiger partial charge in [0, 0.05) is 17.6 Å². The summed E-state index contributed by atoms with van der Waals surface area (Å²) in [7, 11) is 0. The number of rotatable bonds is 3. The molecule has 0 aromatic carbocycles. The fraction of sp³-hybridized carbons (Fsp3) is 0.125. The number of pyridine rings is 1. The second-order valence-electron chi connectivity index (χ2n) is 2.50. The summed E-state index contributed by atoms with van der Waals surface area (Å²) >= 11 is 2.93. The average Bonchev–Trinajstić information content (AvgIpc) is 2.72. The van der Waals surface area contributed by atoms with Crippen molar-refractivity contribution in [2.75, 3.05) is 0 Å². The highest BCUT2D eigenvalue weighted by molar-refractivity contribution is 8.01. The minimum absolute atomic E-state index is 0.476. The first-order valence-electron chi connectivity index (χ1n) is 3.98. The van der Waals surface area contributed by atoms with E-state index in [1.54, 1.807) is 24.3 Å². The normalized spacial score (nSPS) is 10.4. The Bertz CT molecular complexity index is 384. The summed E-state index contributed by atoms with van der Waals surface area (Å²) in [5.74, 6) is 0.